The summed E-state index contributed by atoms with van der Waals surface area (Å²) in [5.41, 5.74) is 3.11. The predicted octanol–water partition coefficient (Wildman–Crippen LogP) is 5.34. The van der Waals surface area contributed by atoms with Gasteiger partial charge in [0.05, 0.1) is 4.47 Å². The first-order valence-corrected chi connectivity index (χ1v) is 12.2. The van der Waals surface area contributed by atoms with Gasteiger partial charge < -0.3 is 15.0 Å². The Morgan fingerprint density at radius 1 is 0.941 bits per heavy atom. The molecule has 3 rings (SSSR count). The Kier molecular flexibility index (Phi) is 9.28. The number of nitrogens with zero attached hydrogens (tertiary/aromatic N) is 1. The van der Waals surface area contributed by atoms with Gasteiger partial charge in [-0.2, -0.15) is 0 Å². The summed E-state index contributed by atoms with van der Waals surface area (Å²) in [6, 6.07) is 24.6. The van der Waals surface area contributed by atoms with Crippen molar-refractivity contribution >= 4 is 27.7 Å². The number of hydrogen-bond acceptors (Lipinski definition) is 3. The maximum Gasteiger partial charge on any atom is 0.261 e. The van der Waals surface area contributed by atoms with E-state index in [0.29, 0.717) is 24.6 Å². The minimum atomic E-state index is -0.671. The molecule has 0 aliphatic carbocycles. The van der Waals surface area contributed by atoms with Crippen LogP contribution in [0.15, 0.2) is 83.3 Å². The van der Waals surface area contributed by atoms with Crippen molar-refractivity contribution in [2.24, 2.45) is 0 Å². The van der Waals surface area contributed by atoms with Crippen LogP contribution >= 0.6 is 15.9 Å². The van der Waals surface area contributed by atoms with E-state index in [9.17, 15) is 9.59 Å². The molecule has 0 aliphatic heterocycles. The Morgan fingerprint density at radius 2 is 1.56 bits per heavy atom. The minimum absolute atomic E-state index is 0.172. The highest BCUT2D eigenvalue weighted by atomic mass is 79.9. The zero-order valence-corrected chi connectivity index (χ0v) is 21.4. The number of halogens is 1. The number of nitrogens with one attached hydrogen (secondary N) is 1. The van der Waals surface area contributed by atoms with Gasteiger partial charge in [-0.1, -0.05) is 80.6 Å². The molecule has 1 atom stereocenters. The topological polar surface area (TPSA) is 58.6 Å². The lowest BCUT2D eigenvalue weighted by molar-refractivity contribution is -0.142. The molecular weight excluding hydrogens is 492 g/mol. The Bertz CT molecular complexity index is 1090. The molecule has 0 spiro atoms. The Balaban J connectivity index is 1.84. The van der Waals surface area contributed by atoms with Gasteiger partial charge in [-0.05, 0) is 50.7 Å². The van der Waals surface area contributed by atoms with Crippen molar-refractivity contribution in [3.05, 3.63) is 100 Å². The van der Waals surface area contributed by atoms with E-state index >= 15 is 0 Å². The maximum atomic E-state index is 13.5. The van der Waals surface area contributed by atoms with Crippen molar-refractivity contribution in [1.82, 2.24) is 10.2 Å². The Morgan fingerprint density at radius 3 is 2.12 bits per heavy atom. The third kappa shape index (κ3) is 6.94. The van der Waals surface area contributed by atoms with Crippen LogP contribution in [0.25, 0.3) is 0 Å². The van der Waals surface area contributed by atoms with E-state index in [4.69, 9.17) is 4.74 Å². The minimum Gasteiger partial charge on any atom is -0.483 e. The van der Waals surface area contributed by atoms with Crippen molar-refractivity contribution in [2.45, 2.75) is 38.8 Å². The van der Waals surface area contributed by atoms with E-state index < -0.39 is 6.04 Å². The van der Waals surface area contributed by atoms with E-state index in [1.165, 1.54) is 5.56 Å². The average molecular weight is 523 g/mol. The van der Waals surface area contributed by atoms with Gasteiger partial charge in [0.1, 0.15) is 11.8 Å². The number of ether oxygens (including phenoxy) is 1. The molecule has 0 heterocycles. The number of hydrogen-bond donors (Lipinski definition) is 1. The lowest BCUT2D eigenvalue weighted by Crippen LogP contribution is -2.51. The molecule has 2 amide bonds. The average Bonchev–Trinajstić information content (AvgIpc) is 2.85. The van der Waals surface area contributed by atoms with Gasteiger partial charge in [-0.3, -0.25) is 9.59 Å². The zero-order chi connectivity index (χ0) is 24.5. The quantitative estimate of drug-likeness (QED) is 0.391. The number of carbonyl (C=O) groups is 2. The molecule has 178 valence electrons. The van der Waals surface area contributed by atoms with Crippen LogP contribution in [-0.2, 0) is 22.6 Å². The smallest absolute Gasteiger partial charge is 0.261 e. The van der Waals surface area contributed by atoms with Crippen molar-refractivity contribution in [2.75, 3.05) is 13.7 Å². The van der Waals surface area contributed by atoms with E-state index in [1.807, 2.05) is 78.9 Å². The molecule has 1 N–H and O–H groups in total. The first-order chi connectivity index (χ1) is 16.4. The molecule has 0 radical (unpaired) electrons. The summed E-state index contributed by atoms with van der Waals surface area (Å²) < 4.78 is 6.70. The van der Waals surface area contributed by atoms with Crippen molar-refractivity contribution < 1.29 is 14.3 Å². The largest absolute Gasteiger partial charge is 0.483 e. The van der Waals surface area contributed by atoms with Gasteiger partial charge in [-0.25, -0.2) is 0 Å². The van der Waals surface area contributed by atoms with E-state index in [2.05, 4.69) is 35.1 Å². The fraction of sp³-hybridized carbons (Fsp3) is 0.286. The highest BCUT2D eigenvalue weighted by Crippen LogP contribution is 2.29. The fourth-order valence-electron chi connectivity index (χ4n) is 3.72. The molecule has 3 aromatic rings. The summed E-state index contributed by atoms with van der Waals surface area (Å²) in [6.07, 6.45) is 0.409. The predicted molar refractivity (Wildman–Crippen MR) is 139 cm³/mol. The third-order valence-corrected chi connectivity index (χ3v) is 6.31. The van der Waals surface area contributed by atoms with Crippen LogP contribution in [0.2, 0.25) is 0 Å². The lowest BCUT2D eigenvalue weighted by Gasteiger charge is -2.31. The normalized spacial score (nSPS) is 11.7. The van der Waals surface area contributed by atoms with Crippen LogP contribution in [0.4, 0.5) is 0 Å². The molecule has 5 nitrogen and oxygen atoms in total. The molecule has 0 saturated heterocycles. The molecule has 0 aliphatic rings. The van der Waals surface area contributed by atoms with Gasteiger partial charge >= 0.3 is 0 Å². The van der Waals surface area contributed by atoms with E-state index in [1.54, 1.807) is 11.9 Å². The van der Waals surface area contributed by atoms with E-state index in [0.717, 1.165) is 15.6 Å². The van der Waals surface area contributed by atoms with Gasteiger partial charge in [0, 0.05) is 20.0 Å². The standard InChI is InChI=1S/C28H31BrN2O3/c1-20(2)23-14-15-26(24(29)17-23)34-19-27(32)31(18-22-12-8-5-9-13-22)25(28(33)30-3)16-21-10-6-4-7-11-21/h4-15,17,20,25H,16,18-19H2,1-3H3,(H,30,33)/t25-/m1/s1. The Labute approximate surface area is 210 Å². The molecule has 34 heavy (non-hydrogen) atoms. The van der Waals surface area contributed by atoms with Gasteiger partial charge in [0.15, 0.2) is 6.61 Å². The van der Waals surface area contributed by atoms with Crippen LogP contribution < -0.4 is 10.1 Å². The van der Waals surface area contributed by atoms with Crippen LogP contribution in [0, 0.1) is 0 Å². The van der Waals surface area contributed by atoms with Crippen LogP contribution in [0.1, 0.15) is 36.5 Å². The number of amides is 2. The summed E-state index contributed by atoms with van der Waals surface area (Å²) in [5.74, 6) is 0.514. The number of carbonyl (C=O) groups excluding carboxylic acids is 2. The molecule has 0 fully saturated rings. The maximum absolute atomic E-state index is 13.5. The number of likely N-dealkylation sites (N-methyl/N-ethyl adjacent to an activating group) is 1. The number of rotatable bonds is 10. The SMILES string of the molecule is CNC(=O)[C@@H](Cc1ccccc1)N(Cc1ccccc1)C(=O)COc1ccc(C(C)C)cc1Br. The summed E-state index contributed by atoms with van der Waals surface area (Å²) >= 11 is 3.55. The van der Waals surface area contributed by atoms with Crippen LogP contribution in [0.3, 0.4) is 0 Å². The third-order valence-electron chi connectivity index (χ3n) is 5.69. The highest BCUT2D eigenvalue weighted by Gasteiger charge is 2.30. The molecule has 0 aromatic heterocycles. The lowest BCUT2D eigenvalue weighted by atomic mass is 10.0. The summed E-state index contributed by atoms with van der Waals surface area (Å²) in [6.45, 7) is 4.38. The summed E-state index contributed by atoms with van der Waals surface area (Å²) in [4.78, 5) is 28.0. The van der Waals surface area contributed by atoms with Gasteiger partial charge in [0.25, 0.3) is 5.91 Å². The van der Waals surface area contributed by atoms with Crippen LogP contribution in [-0.4, -0.2) is 36.4 Å². The van der Waals surface area contributed by atoms with Gasteiger partial charge in [0.2, 0.25) is 5.91 Å². The monoisotopic (exact) mass is 522 g/mol. The van der Waals surface area contributed by atoms with Crippen LogP contribution in [0.5, 0.6) is 5.75 Å². The van der Waals surface area contributed by atoms with Crippen molar-refractivity contribution in [3.8, 4) is 5.75 Å². The molecule has 0 saturated carbocycles. The second-order valence-corrected chi connectivity index (χ2v) is 9.31. The number of benzene rings is 3. The Hall–Kier alpha value is -3.12. The van der Waals surface area contributed by atoms with E-state index in [-0.39, 0.29) is 18.4 Å². The molecular formula is C28H31BrN2O3. The van der Waals surface area contributed by atoms with Crippen molar-refractivity contribution in [3.63, 3.8) is 0 Å². The first-order valence-electron chi connectivity index (χ1n) is 11.4. The van der Waals surface area contributed by atoms with Gasteiger partial charge in [-0.15, -0.1) is 0 Å². The second-order valence-electron chi connectivity index (χ2n) is 8.46. The first kappa shape index (κ1) is 25.5. The summed E-state index contributed by atoms with van der Waals surface area (Å²) in [7, 11) is 1.59. The molecule has 6 heteroatoms. The molecule has 3 aromatic carbocycles. The fourth-order valence-corrected chi connectivity index (χ4v) is 4.23. The zero-order valence-electron chi connectivity index (χ0n) is 19.8. The molecule has 0 bridgehead atoms. The highest BCUT2D eigenvalue weighted by molar-refractivity contribution is 9.10. The summed E-state index contributed by atoms with van der Waals surface area (Å²) in [5, 5.41) is 2.72. The van der Waals surface area contributed by atoms with Crippen molar-refractivity contribution in [1.29, 1.82) is 0 Å². The second kappa shape index (κ2) is 12.4. The molecule has 0 unspecified atom stereocenters.